The highest BCUT2D eigenvalue weighted by Crippen LogP contribution is 2.41. The maximum atomic E-state index is 9.71. The number of pyridine rings is 1. The number of nitrogens with zero attached hydrogens (tertiary/aromatic N) is 6. The topological polar surface area (TPSA) is 122 Å². The largest absolute Gasteiger partial charge is 0.494 e. The zero-order valence-corrected chi connectivity index (χ0v) is 25.3. The van der Waals surface area contributed by atoms with Crippen molar-refractivity contribution in [3.8, 4) is 23.1 Å². The van der Waals surface area contributed by atoms with Gasteiger partial charge in [0.1, 0.15) is 5.75 Å². The third-order valence-corrected chi connectivity index (χ3v) is 8.90. The maximum Gasteiger partial charge on any atom is 0.209 e. The van der Waals surface area contributed by atoms with E-state index in [0.29, 0.717) is 19.1 Å². The summed E-state index contributed by atoms with van der Waals surface area (Å²) in [4.78, 5) is 19.0. The van der Waals surface area contributed by atoms with Crippen LogP contribution in [0.15, 0.2) is 78.2 Å². The summed E-state index contributed by atoms with van der Waals surface area (Å²) in [6.45, 7) is 4.86. The van der Waals surface area contributed by atoms with Gasteiger partial charge in [0.05, 0.1) is 19.3 Å². The van der Waals surface area contributed by atoms with Crippen LogP contribution < -0.4 is 20.3 Å². The van der Waals surface area contributed by atoms with Gasteiger partial charge in [-0.1, -0.05) is 35.6 Å². The van der Waals surface area contributed by atoms with Gasteiger partial charge in [0.2, 0.25) is 5.96 Å². The molecule has 44 heavy (non-hydrogen) atoms. The van der Waals surface area contributed by atoms with E-state index >= 15 is 0 Å². The Labute approximate surface area is 261 Å². The third kappa shape index (κ3) is 7.34. The van der Waals surface area contributed by atoms with Crippen molar-refractivity contribution in [1.82, 2.24) is 20.2 Å². The Morgan fingerprint density at radius 3 is 2.80 bits per heavy atom. The second kappa shape index (κ2) is 14.3. The van der Waals surface area contributed by atoms with E-state index in [1.165, 1.54) is 16.8 Å². The van der Waals surface area contributed by atoms with Crippen LogP contribution in [0.1, 0.15) is 29.7 Å². The third-order valence-electron chi connectivity index (χ3n) is 7.90. The summed E-state index contributed by atoms with van der Waals surface area (Å²) in [5.74, 6) is 1.26. The van der Waals surface area contributed by atoms with Gasteiger partial charge < -0.3 is 25.0 Å². The highest BCUT2D eigenvalue weighted by Gasteiger charge is 2.25. The molecule has 2 aromatic carbocycles. The fourth-order valence-corrected chi connectivity index (χ4v) is 6.54. The number of aromatic nitrogens is 2. The van der Waals surface area contributed by atoms with Crippen molar-refractivity contribution in [2.75, 3.05) is 43.0 Å². The smallest absolute Gasteiger partial charge is 0.209 e. The number of hydrogen-bond acceptors (Lipinski definition) is 9. The van der Waals surface area contributed by atoms with Crippen LogP contribution in [0, 0.1) is 11.5 Å². The Morgan fingerprint density at radius 1 is 1.11 bits per heavy atom. The van der Waals surface area contributed by atoms with Crippen LogP contribution in [0.25, 0.3) is 11.1 Å². The van der Waals surface area contributed by atoms with Crippen molar-refractivity contribution in [2.24, 2.45) is 4.99 Å². The molecule has 1 saturated heterocycles. The number of likely N-dealkylation sites (tertiary alicyclic amines) is 1. The van der Waals surface area contributed by atoms with Gasteiger partial charge in [-0.2, -0.15) is 5.26 Å². The molecular weight excluding hydrogens is 572 g/mol. The molecule has 0 bridgehead atoms. The number of thiazole rings is 1. The first-order valence-corrected chi connectivity index (χ1v) is 15.8. The number of fused-ring (bicyclic) bond motifs is 1. The molecule has 0 saturated carbocycles. The van der Waals surface area contributed by atoms with Crippen molar-refractivity contribution < 1.29 is 9.84 Å². The Morgan fingerprint density at radius 2 is 1.95 bits per heavy atom. The summed E-state index contributed by atoms with van der Waals surface area (Å²) >= 11 is 1.61. The number of nitrogens with one attached hydrogen (secondary N) is 2. The zero-order chi connectivity index (χ0) is 30.1. The molecule has 4 aromatic rings. The zero-order valence-electron chi connectivity index (χ0n) is 24.5. The predicted molar refractivity (Wildman–Crippen MR) is 174 cm³/mol. The fourth-order valence-electron chi connectivity index (χ4n) is 5.67. The van der Waals surface area contributed by atoms with Crippen molar-refractivity contribution in [2.45, 2.75) is 38.3 Å². The van der Waals surface area contributed by atoms with E-state index in [1.807, 2.05) is 30.6 Å². The van der Waals surface area contributed by atoms with E-state index in [1.54, 1.807) is 23.7 Å². The van der Waals surface area contributed by atoms with E-state index in [-0.39, 0.29) is 6.10 Å². The van der Waals surface area contributed by atoms with Crippen LogP contribution >= 0.6 is 11.3 Å². The molecule has 0 radical (unpaired) electrons. The van der Waals surface area contributed by atoms with Gasteiger partial charge in [-0.3, -0.25) is 10.3 Å². The molecule has 3 N–H and O–H groups in total. The van der Waals surface area contributed by atoms with Gasteiger partial charge in [0, 0.05) is 61.0 Å². The number of guanidine groups is 1. The Balaban J connectivity index is 1.09. The number of aliphatic imine (C=N–C) groups is 1. The molecule has 11 heteroatoms. The van der Waals surface area contributed by atoms with E-state index in [2.05, 4.69) is 66.8 Å². The van der Waals surface area contributed by atoms with Gasteiger partial charge in [-0.05, 0) is 72.7 Å². The molecule has 2 aromatic heterocycles. The number of rotatable bonds is 10. The van der Waals surface area contributed by atoms with Gasteiger partial charge in [0.25, 0.3) is 0 Å². The molecule has 0 amide bonds. The highest BCUT2D eigenvalue weighted by atomic mass is 32.1. The molecule has 0 spiro atoms. The molecule has 6 rings (SSSR count). The first-order valence-electron chi connectivity index (χ1n) is 15.0. The predicted octanol–water partition coefficient (Wildman–Crippen LogP) is 5.16. The van der Waals surface area contributed by atoms with Gasteiger partial charge in [-0.25, -0.2) is 9.98 Å². The highest BCUT2D eigenvalue weighted by molar-refractivity contribution is 7.15. The summed E-state index contributed by atoms with van der Waals surface area (Å²) < 4.78 is 6.15. The van der Waals surface area contributed by atoms with Crippen LogP contribution in [0.2, 0.25) is 0 Å². The summed E-state index contributed by atoms with van der Waals surface area (Å²) in [5, 5.41) is 25.5. The standard InChI is InChI=1S/C33H36N8O2S/c34-23-38-32(39-25-8-13-35-14-9-25)36-21-28-22-37-33(44-28)41-18-12-30-29(6-2-7-31(30)41)24-4-1-5-27(20-24)43-19-3-15-40-16-10-26(42)11-17-40/h1-2,4-9,13-14,20,22,26,42H,3,10-12,15-19,21H2,(H2,35,36,38,39). The minimum absolute atomic E-state index is 0.135. The number of hydrogen-bond donors (Lipinski definition) is 3. The number of aliphatic hydroxyl groups excluding tert-OH is 1. The van der Waals surface area contributed by atoms with Crippen LogP contribution in [0.4, 0.5) is 16.5 Å². The number of anilines is 3. The average molecular weight is 609 g/mol. The van der Waals surface area contributed by atoms with Gasteiger partial charge in [0.15, 0.2) is 11.3 Å². The number of nitriles is 1. The first-order chi connectivity index (χ1) is 21.7. The second-order valence-corrected chi connectivity index (χ2v) is 12.0. The van der Waals surface area contributed by atoms with E-state index in [0.717, 1.165) is 78.9 Å². The summed E-state index contributed by atoms with van der Waals surface area (Å²) in [5.41, 5.74) is 5.66. The molecule has 0 aliphatic carbocycles. The van der Waals surface area contributed by atoms with Crippen LogP contribution in [-0.2, 0) is 13.0 Å². The molecule has 0 atom stereocenters. The van der Waals surface area contributed by atoms with Crippen LogP contribution in [0.5, 0.6) is 5.75 Å². The van der Waals surface area contributed by atoms with Crippen molar-refractivity contribution in [3.05, 3.63) is 83.6 Å². The second-order valence-electron chi connectivity index (χ2n) is 10.9. The Kier molecular flexibility index (Phi) is 9.62. The minimum atomic E-state index is -0.135. The summed E-state index contributed by atoms with van der Waals surface area (Å²) in [6, 6.07) is 18.5. The quantitative estimate of drug-likeness (QED) is 0.0737. The van der Waals surface area contributed by atoms with Crippen molar-refractivity contribution >= 4 is 33.8 Å². The SMILES string of the molecule is N#CNC(=NCc1cnc(N2CCc3c(-c4cccc(OCCCN5CCC(O)CC5)c4)cccc32)s1)Nc1ccncc1. The molecule has 1 fully saturated rings. The van der Waals surface area contributed by atoms with Gasteiger partial charge in [-0.15, -0.1) is 0 Å². The number of aliphatic hydroxyl groups is 1. The number of piperidine rings is 1. The monoisotopic (exact) mass is 608 g/mol. The lowest BCUT2D eigenvalue weighted by atomic mass is 9.98. The Bertz CT molecular complexity index is 1610. The molecule has 2 aliphatic heterocycles. The van der Waals surface area contributed by atoms with E-state index in [9.17, 15) is 5.11 Å². The van der Waals surface area contributed by atoms with Gasteiger partial charge >= 0.3 is 0 Å². The molecule has 0 unspecified atom stereocenters. The Hall–Kier alpha value is -4.50. The fraction of sp³-hybridized carbons (Fsp3) is 0.333. The lowest BCUT2D eigenvalue weighted by molar-refractivity contribution is 0.0800. The molecule has 10 nitrogen and oxygen atoms in total. The number of benzene rings is 2. The summed E-state index contributed by atoms with van der Waals surface area (Å²) in [6.07, 6.45) is 10.7. The summed E-state index contributed by atoms with van der Waals surface area (Å²) in [7, 11) is 0. The minimum Gasteiger partial charge on any atom is -0.494 e. The first kappa shape index (κ1) is 29.6. The van der Waals surface area contributed by atoms with Crippen molar-refractivity contribution in [3.63, 3.8) is 0 Å². The normalized spacial score (nSPS) is 15.5. The van der Waals surface area contributed by atoms with Crippen LogP contribution in [0.3, 0.4) is 0 Å². The number of ether oxygens (including phenoxy) is 1. The van der Waals surface area contributed by atoms with Crippen molar-refractivity contribution in [1.29, 1.82) is 5.26 Å². The maximum absolute atomic E-state index is 9.71. The lowest BCUT2D eigenvalue weighted by Gasteiger charge is -2.29. The molecular formula is C33H36N8O2S. The van der Waals surface area contributed by atoms with E-state index < -0.39 is 0 Å². The average Bonchev–Trinajstić information content (AvgIpc) is 3.71. The van der Waals surface area contributed by atoms with E-state index in [4.69, 9.17) is 15.0 Å². The molecule has 2 aliphatic rings. The lowest BCUT2D eigenvalue weighted by Crippen LogP contribution is -2.36. The van der Waals surface area contributed by atoms with Crippen LogP contribution in [-0.4, -0.2) is 64.8 Å². The molecule has 4 heterocycles. The molecule has 226 valence electrons.